The van der Waals surface area contributed by atoms with E-state index in [1.807, 2.05) is 79.7 Å². The second-order valence-electron chi connectivity index (χ2n) is 8.23. The van der Waals surface area contributed by atoms with Crippen LogP contribution in [0.2, 0.25) is 0 Å². The summed E-state index contributed by atoms with van der Waals surface area (Å²) in [4.78, 5) is 30.0. The Kier molecular flexibility index (Phi) is 5.57. The number of likely N-dealkylation sites (N-methyl/N-ethyl adjacent to an activating group) is 1. The molecule has 0 saturated heterocycles. The Morgan fingerprint density at radius 3 is 2.66 bits per heavy atom. The van der Waals surface area contributed by atoms with Crippen molar-refractivity contribution in [2.24, 2.45) is 5.92 Å². The van der Waals surface area contributed by atoms with Crippen molar-refractivity contribution >= 4 is 34.1 Å². The fraction of sp³-hybridized carbons (Fsp3) is 0.280. The summed E-state index contributed by atoms with van der Waals surface area (Å²) in [7, 11) is 1.89. The number of nitrogens with zero attached hydrogens (tertiary/aromatic N) is 4. The van der Waals surface area contributed by atoms with E-state index in [4.69, 9.17) is 0 Å². The molecule has 0 unspecified atom stereocenters. The normalized spacial score (nSPS) is 14.3. The summed E-state index contributed by atoms with van der Waals surface area (Å²) in [6.45, 7) is 2.56. The van der Waals surface area contributed by atoms with Gasteiger partial charge in [-0.15, -0.1) is 11.3 Å². The van der Waals surface area contributed by atoms with Gasteiger partial charge in [0.15, 0.2) is 0 Å². The number of amides is 1. The zero-order chi connectivity index (χ0) is 22.1. The number of benzene rings is 2. The third-order valence-corrected chi connectivity index (χ3v) is 6.93. The number of para-hydroxylation sites is 1. The molecule has 0 bridgehead atoms. The average Bonchev–Trinajstić information content (AvgIpc) is 3.59. The van der Waals surface area contributed by atoms with Crippen LogP contribution in [0.15, 0.2) is 60.8 Å². The maximum Gasteiger partial charge on any atom is 0.274 e. The SMILES string of the molecule is Cc1nc(C(=O)N(C)[C@H](CNc2ncc3ccccc3n2)C2CC2)c(-c2ccccc2)s1. The van der Waals surface area contributed by atoms with Crippen LogP contribution in [0.3, 0.4) is 0 Å². The molecule has 2 heterocycles. The standard InChI is InChI=1S/C25H25N5OS/c1-16-28-22(23(32-16)18-8-4-3-5-9-18)24(31)30(2)21(17-12-13-17)15-27-25-26-14-19-10-6-7-11-20(19)29-25/h3-11,14,17,21H,12-13,15H2,1-2H3,(H,26,27,29)/t21-/m1/s1. The lowest BCUT2D eigenvalue weighted by Crippen LogP contribution is -2.43. The van der Waals surface area contributed by atoms with Gasteiger partial charge < -0.3 is 10.2 Å². The summed E-state index contributed by atoms with van der Waals surface area (Å²) in [5.41, 5.74) is 2.47. The molecule has 1 amide bonds. The number of anilines is 1. The van der Waals surface area contributed by atoms with Crippen molar-refractivity contribution < 1.29 is 4.79 Å². The molecule has 0 spiro atoms. The Labute approximate surface area is 191 Å². The molecule has 0 aliphatic heterocycles. The van der Waals surface area contributed by atoms with E-state index < -0.39 is 0 Å². The van der Waals surface area contributed by atoms with Gasteiger partial charge in [0.1, 0.15) is 5.69 Å². The van der Waals surface area contributed by atoms with Crippen molar-refractivity contribution in [2.45, 2.75) is 25.8 Å². The quantitative estimate of drug-likeness (QED) is 0.434. The molecule has 6 nitrogen and oxygen atoms in total. The van der Waals surface area contributed by atoms with Crippen LogP contribution < -0.4 is 5.32 Å². The summed E-state index contributed by atoms with van der Waals surface area (Å²) < 4.78 is 0. The van der Waals surface area contributed by atoms with Gasteiger partial charge in [-0.3, -0.25) is 4.79 Å². The van der Waals surface area contributed by atoms with E-state index >= 15 is 0 Å². The first kappa shape index (κ1) is 20.6. The van der Waals surface area contributed by atoms with Crippen LogP contribution in [0.5, 0.6) is 0 Å². The number of nitrogens with one attached hydrogen (secondary N) is 1. The molecule has 4 aromatic rings. The van der Waals surface area contributed by atoms with Gasteiger partial charge in [-0.1, -0.05) is 48.5 Å². The van der Waals surface area contributed by atoms with Gasteiger partial charge in [-0.05, 0) is 37.3 Å². The Balaban J connectivity index is 1.36. The molecular formula is C25H25N5OS. The lowest BCUT2D eigenvalue weighted by atomic mass is 10.1. The van der Waals surface area contributed by atoms with Gasteiger partial charge in [-0.25, -0.2) is 15.0 Å². The second-order valence-corrected chi connectivity index (χ2v) is 9.43. The number of aryl methyl sites for hydroxylation is 1. The first-order valence-electron chi connectivity index (χ1n) is 10.9. The number of thiazole rings is 1. The maximum absolute atomic E-state index is 13.5. The summed E-state index contributed by atoms with van der Waals surface area (Å²) in [6, 6.07) is 18.0. The summed E-state index contributed by atoms with van der Waals surface area (Å²) >= 11 is 1.57. The average molecular weight is 444 g/mol. The molecule has 1 saturated carbocycles. The summed E-state index contributed by atoms with van der Waals surface area (Å²) in [5.74, 6) is 1.04. The first-order valence-corrected chi connectivity index (χ1v) is 11.7. The van der Waals surface area contributed by atoms with Gasteiger partial charge in [-0.2, -0.15) is 0 Å². The zero-order valence-corrected chi connectivity index (χ0v) is 19.0. The molecule has 5 rings (SSSR count). The van der Waals surface area contributed by atoms with E-state index in [-0.39, 0.29) is 11.9 Å². The number of fused-ring (bicyclic) bond motifs is 1. The third-order valence-electron chi connectivity index (χ3n) is 5.91. The fourth-order valence-electron chi connectivity index (χ4n) is 4.03. The van der Waals surface area contributed by atoms with Crippen molar-refractivity contribution in [1.82, 2.24) is 19.9 Å². The van der Waals surface area contributed by atoms with E-state index in [0.717, 1.165) is 39.2 Å². The minimum atomic E-state index is -0.0358. The second kappa shape index (κ2) is 8.67. The molecule has 1 fully saturated rings. The van der Waals surface area contributed by atoms with Crippen molar-refractivity contribution in [3.05, 3.63) is 71.5 Å². The van der Waals surface area contributed by atoms with Crippen molar-refractivity contribution in [2.75, 3.05) is 18.9 Å². The highest BCUT2D eigenvalue weighted by molar-refractivity contribution is 7.15. The molecule has 1 aliphatic rings. The highest BCUT2D eigenvalue weighted by atomic mass is 32.1. The first-order chi connectivity index (χ1) is 15.6. The van der Waals surface area contributed by atoms with Crippen LogP contribution in [-0.2, 0) is 0 Å². The number of carbonyl (C=O) groups excluding carboxylic acids is 1. The van der Waals surface area contributed by atoms with Gasteiger partial charge in [0.25, 0.3) is 5.91 Å². The molecule has 1 atom stereocenters. The predicted octanol–water partition coefficient (Wildman–Crippen LogP) is 5.02. The molecule has 162 valence electrons. The molecule has 32 heavy (non-hydrogen) atoms. The van der Waals surface area contributed by atoms with Crippen LogP contribution in [0, 0.1) is 12.8 Å². The van der Waals surface area contributed by atoms with E-state index in [0.29, 0.717) is 24.1 Å². The van der Waals surface area contributed by atoms with Crippen LogP contribution >= 0.6 is 11.3 Å². The number of hydrogen-bond acceptors (Lipinski definition) is 6. The Hall–Kier alpha value is -3.32. The van der Waals surface area contributed by atoms with Gasteiger partial charge in [0, 0.05) is 25.2 Å². The number of rotatable bonds is 7. The van der Waals surface area contributed by atoms with Crippen LogP contribution in [0.4, 0.5) is 5.95 Å². The molecule has 2 aromatic heterocycles. The minimum Gasteiger partial charge on any atom is -0.352 e. The van der Waals surface area contributed by atoms with E-state index in [2.05, 4.69) is 20.3 Å². The van der Waals surface area contributed by atoms with Crippen LogP contribution in [-0.4, -0.2) is 45.4 Å². The van der Waals surface area contributed by atoms with Crippen LogP contribution in [0.25, 0.3) is 21.3 Å². The predicted molar refractivity (Wildman–Crippen MR) is 129 cm³/mol. The topological polar surface area (TPSA) is 71.0 Å². The van der Waals surface area contributed by atoms with Crippen molar-refractivity contribution in [1.29, 1.82) is 0 Å². The zero-order valence-electron chi connectivity index (χ0n) is 18.2. The van der Waals surface area contributed by atoms with Gasteiger partial charge >= 0.3 is 0 Å². The Morgan fingerprint density at radius 1 is 1.12 bits per heavy atom. The molecular weight excluding hydrogens is 418 g/mol. The van der Waals surface area contributed by atoms with E-state index in [1.165, 1.54) is 0 Å². The highest BCUT2D eigenvalue weighted by Crippen LogP contribution is 2.37. The van der Waals surface area contributed by atoms with Crippen molar-refractivity contribution in [3.8, 4) is 10.4 Å². The van der Waals surface area contributed by atoms with E-state index in [1.54, 1.807) is 11.3 Å². The van der Waals surface area contributed by atoms with Crippen molar-refractivity contribution in [3.63, 3.8) is 0 Å². The molecule has 1 aliphatic carbocycles. The number of aromatic nitrogens is 3. The maximum atomic E-state index is 13.5. The molecule has 2 aromatic carbocycles. The van der Waals surface area contributed by atoms with E-state index in [9.17, 15) is 4.79 Å². The largest absolute Gasteiger partial charge is 0.352 e. The Morgan fingerprint density at radius 2 is 1.88 bits per heavy atom. The van der Waals surface area contributed by atoms with Gasteiger partial charge in [0.05, 0.1) is 21.4 Å². The lowest BCUT2D eigenvalue weighted by Gasteiger charge is -2.28. The lowest BCUT2D eigenvalue weighted by molar-refractivity contribution is 0.0717. The van der Waals surface area contributed by atoms with Crippen LogP contribution in [0.1, 0.15) is 28.3 Å². The number of carbonyl (C=O) groups is 1. The molecule has 7 heteroatoms. The minimum absolute atomic E-state index is 0.0358. The summed E-state index contributed by atoms with van der Waals surface area (Å²) in [5, 5.41) is 5.27. The fourth-order valence-corrected chi connectivity index (χ4v) is 4.94. The Bertz CT molecular complexity index is 1250. The number of hydrogen-bond donors (Lipinski definition) is 1. The molecule has 0 radical (unpaired) electrons. The molecule has 1 N–H and O–H groups in total. The summed E-state index contributed by atoms with van der Waals surface area (Å²) in [6.07, 6.45) is 4.09. The van der Waals surface area contributed by atoms with Gasteiger partial charge in [0.2, 0.25) is 5.95 Å². The smallest absolute Gasteiger partial charge is 0.274 e. The monoisotopic (exact) mass is 443 g/mol. The third kappa shape index (κ3) is 4.21. The highest BCUT2D eigenvalue weighted by Gasteiger charge is 2.37.